The van der Waals surface area contributed by atoms with E-state index < -0.39 is 6.04 Å². The van der Waals surface area contributed by atoms with Crippen molar-refractivity contribution in [2.45, 2.75) is 18.9 Å². The Labute approximate surface area is 150 Å². The number of rotatable bonds is 6. The first-order valence-corrected chi connectivity index (χ1v) is 8.29. The van der Waals surface area contributed by atoms with E-state index in [-0.39, 0.29) is 24.0 Å². The predicted octanol–water partition coefficient (Wildman–Crippen LogP) is 3.54. The van der Waals surface area contributed by atoms with Crippen molar-refractivity contribution in [2.24, 2.45) is 7.05 Å². The van der Waals surface area contributed by atoms with Gasteiger partial charge in [-0.25, -0.2) is 13.8 Å². The van der Waals surface area contributed by atoms with E-state index in [2.05, 4.69) is 10.3 Å². The zero-order chi connectivity index (χ0) is 18.5. The molecule has 3 aromatic rings. The molecule has 0 saturated heterocycles. The Morgan fingerprint density at radius 2 is 1.92 bits per heavy atom. The standard InChI is InChI=1S/C20H19F2N3O/c1-25-12-11-23-20(25)19(15-3-2-4-17(22)13-15)24-18(26)10-7-14-5-8-16(21)9-6-14/h2-6,8-9,11-13,19H,7,10H2,1H3,(H,24,26)/t19-/m0/s1. The summed E-state index contributed by atoms with van der Waals surface area (Å²) in [5, 5.41) is 2.92. The third-order valence-corrected chi connectivity index (χ3v) is 4.16. The van der Waals surface area contributed by atoms with E-state index in [4.69, 9.17) is 0 Å². The van der Waals surface area contributed by atoms with E-state index in [1.807, 2.05) is 7.05 Å². The molecule has 1 amide bonds. The Kier molecular flexibility index (Phi) is 5.41. The van der Waals surface area contributed by atoms with Gasteiger partial charge in [0.1, 0.15) is 23.5 Å². The van der Waals surface area contributed by atoms with Gasteiger partial charge in [-0.2, -0.15) is 0 Å². The molecule has 0 aliphatic heterocycles. The molecule has 0 bridgehead atoms. The Morgan fingerprint density at radius 3 is 2.58 bits per heavy atom. The number of aromatic nitrogens is 2. The van der Waals surface area contributed by atoms with E-state index >= 15 is 0 Å². The number of benzene rings is 2. The lowest BCUT2D eigenvalue weighted by Crippen LogP contribution is -2.31. The maximum atomic E-state index is 13.6. The Hall–Kier alpha value is -3.02. The summed E-state index contributed by atoms with van der Waals surface area (Å²) >= 11 is 0. The highest BCUT2D eigenvalue weighted by molar-refractivity contribution is 5.77. The van der Waals surface area contributed by atoms with Gasteiger partial charge in [-0.05, 0) is 41.8 Å². The van der Waals surface area contributed by atoms with E-state index in [0.29, 0.717) is 17.8 Å². The summed E-state index contributed by atoms with van der Waals surface area (Å²) in [7, 11) is 1.82. The molecule has 6 heteroatoms. The number of hydrogen-bond acceptors (Lipinski definition) is 2. The van der Waals surface area contributed by atoms with Gasteiger partial charge in [0, 0.05) is 25.9 Å². The van der Waals surface area contributed by atoms with Gasteiger partial charge in [0.15, 0.2) is 0 Å². The van der Waals surface area contributed by atoms with Crippen LogP contribution in [0.3, 0.4) is 0 Å². The quantitative estimate of drug-likeness (QED) is 0.735. The van der Waals surface area contributed by atoms with Crippen LogP contribution in [0.4, 0.5) is 8.78 Å². The van der Waals surface area contributed by atoms with Crippen molar-refractivity contribution in [3.8, 4) is 0 Å². The molecule has 1 atom stereocenters. The lowest BCUT2D eigenvalue weighted by atomic mass is 10.0. The number of aryl methyl sites for hydroxylation is 2. The van der Waals surface area contributed by atoms with E-state index in [9.17, 15) is 13.6 Å². The molecule has 1 heterocycles. The van der Waals surface area contributed by atoms with E-state index in [1.54, 1.807) is 41.2 Å². The smallest absolute Gasteiger partial charge is 0.221 e. The van der Waals surface area contributed by atoms with Gasteiger partial charge >= 0.3 is 0 Å². The van der Waals surface area contributed by atoms with Crippen molar-refractivity contribution in [3.05, 3.63) is 89.5 Å². The monoisotopic (exact) mass is 355 g/mol. The highest BCUT2D eigenvalue weighted by Gasteiger charge is 2.21. The zero-order valence-electron chi connectivity index (χ0n) is 14.3. The topological polar surface area (TPSA) is 46.9 Å². The molecular weight excluding hydrogens is 336 g/mol. The first-order chi connectivity index (χ1) is 12.5. The number of hydrogen-bond donors (Lipinski definition) is 1. The Bertz CT molecular complexity index is 890. The van der Waals surface area contributed by atoms with Crippen molar-refractivity contribution in [2.75, 3.05) is 0 Å². The summed E-state index contributed by atoms with van der Waals surface area (Å²) in [6.07, 6.45) is 4.13. The summed E-state index contributed by atoms with van der Waals surface area (Å²) in [5.41, 5.74) is 1.50. The first-order valence-electron chi connectivity index (χ1n) is 8.29. The fourth-order valence-corrected chi connectivity index (χ4v) is 2.78. The molecule has 0 unspecified atom stereocenters. The van der Waals surface area contributed by atoms with Crippen LogP contribution in [0.5, 0.6) is 0 Å². The second-order valence-electron chi connectivity index (χ2n) is 6.08. The molecule has 26 heavy (non-hydrogen) atoms. The number of carbonyl (C=O) groups excluding carboxylic acids is 1. The number of halogens is 2. The van der Waals surface area contributed by atoms with Crippen LogP contribution in [0.1, 0.15) is 29.4 Å². The minimum atomic E-state index is -0.550. The molecule has 0 fully saturated rings. The fraction of sp³-hybridized carbons (Fsp3) is 0.200. The number of nitrogens with zero attached hydrogens (tertiary/aromatic N) is 2. The highest BCUT2D eigenvalue weighted by atomic mass is 19.1. The second-order valence-corrected chi connectivity index (χ2v) is 6.08. The first kappa shape index (κ1) is 17.8. The van der Waals surface area contributed by atoms with Gasteiger partial charge in [-0.15, -0.1) is 0 Å². The molecule has 1 N–H and O–H groups in total. The fourth-order valence-electron chi connectivity index (χ4n) is 2.78. The molecule has 2 aromatic carbocycles. The van der Waals surface area contributed by atoms with Gasteiger partial charge in [0.25, 0.3) is 0 Å². The van der Waals surface area contributed by atoms with Crippen molar-refractivity contribution >= 4 is 5.91 Å². The third-order valence-electron chi connectivity index (χ3n) is 4.16. The normalized spacial score (nSPS) is 12.0. The van der Waals surface area contributed by atoms with Crippen molar-refractivity contribution in [3.63, 3.8) is 0 Å². The summed E-state index contributed by atoms with van der Waals surface area (Å²) in [6.45, 7) is 0. The average molecular weight is 355 g/mol. The molecule has 4 nitrogen and oxygen atoms in total. The Balaban J connectivity index is 1.74. The summed E-state index contributed by atoms with van der Waals surface area (Å²) < 4.78 is 28.4. The van der Waals surface area contributed by atoms with Gasteiger partial charge in [0.2, 0.25) is 5.91 Å². The average Bonchev–Trinajstić information content (AvgIpc) is 3.05. The number of carbonyl (C=O) groups is 1. The zero-order valence-corrected chi connectivity index (χ0v) is 14.3. The van der Waals surface area contributed by atoms with Crippen LogP contribution in [0.25, 0.3) is 0 Å². The molecular formula is C20H19F2N3O. The molecule has 0 radical (unpaired) electrons. The largest absolute Gasteiger partial charge is 0.342 e. The number of nitrogens with one attached hydrogen (secondary N) is 1. The van der Waals surface area contributed by atoms with Gasteiger partial charge < -0.3 is 9.88 Å². The minimum absolute atomic E-state index is 0.188. The van der Waals surface area contributed by atoms with Crippen LogP contribution in [0.15, 0.2) is 60.9 Å². The molecule has 0 saturated carbocycles. The molecule has 0 aliphatic carbocycles. The summed E-state index contributed by atoms with van der Waals surface area (Å²) in [4.78, 5) is 16.7. The van der Waals surface area contributed by atoms with Crippen LogP contribution in [0.2, 0.25) is 0 Å². The molecule has 134 valence electrons. The highest BCUT2D eigenvalue weighted by Crippen LogP contribution is 2.21. The van der Waals surface area contributed by atoms with Gasteiger partial charge in [-0.1, -0.05) is 24.3 Å². The Morgan fingerprint density at radius 1 is 1.15 bits per heavy atom. The third kappa shape index (κ3) is 4.33. The van der Waals surface area contributed by atoms with E-state index in [0.717, 1.165) is 5.56 Å². The van der Waals surface area contributed by atoms with Crippen molar-refractivity contribution < 1.29 is 13.6 Å². The second kappa shape index (κ2) is 7.91. The van der Waals surface area contributed by atoms with Crippen LogP contribution in [-0.2, 0) is 18.3 Å². The van der Waals surface area contributed by atoms with Crippen molar-refractivity contribution in [1.29, 1.82) is 0 Å². The van der Waals surface area contributed by atoms with Crippen LogP contribution in [-0.4, -0.2) is 15.5 Å². The molecule has 3 rings (SSSR count). The van der Waals surface area contributed by atoms with Crippen LogP contribution < -0.4 is 5.32 Å². The number of imidazole rings is 1. The number of amides is 1. The lowest BCUT2D eigenvalue weighted by Gasteiger charge is -2.19. The van der Waals surface area contributed by atoms with E-state index in [1.165, 1.54) is 24.3 Å². The predicted molar refractivity (Wildman–Crippen MR) is 94.3 cm³/mol. The minimum Gasteiger partial charge on any atom is -0.342 e. The van der Waals surface area contributed by atoms with Crippen LogP contribution in [0, 0.1) is 11.6 Å². The van der Waals surface area contributed by atoms with Gasteiger partial charge in [-0.3, -0.25) is 4.79 Å². The van der Waals surface area contributed by atoms with Gasteiger partial charge in [0.05, 0.1) is 0 Å². The molecule has 1 aromatic heterocycles. The molecule has 0 aliphatic rings. The SMILES string of the molecule is Cn1ccnc1[C@@H](NC(=O)CCc1ccc(F)cc1)c1cccc(F)c1. The molecule has 0 spiro atoms. The lowest BCUT2D eigenvalue weighted by molar-refractivity contribution is -0.121. The summed E-state index contributed by atoms with van der Waals surface area (Å²) in [5.74, 6) is -0.251. The maximum absolute atomic E-state index is 13.6. The van der Waals surface area contributed by atoms with Crippen LogP contribution >= 0.6 is 0 Å². The van der Waals surface area contributed by atoms with Crippen molar-refractivity contribution in [1.82, 2.24) is 14.9 Å². The maximum Gasteiger partial charge on any atom is 0.221 e. The summed E-state index contributed by atoms with van der Waals surface area (Å²) in [6, 6.07) is 11.6.